The van der Waals surface area contributed by atoms with E-state index in [0.29, 0.717) is 18.1 Å². The maximum Gasteiger partial charge on any atom is 0.331 e. The van der Waals surface area contributed by atoms with Crippen LogP contribution in [0.15, 0.2) is 12.1 Å². The fourth-order valence-electron chi connectivity index (χ4n) is 1.96. The standard InChI is InChI=1S/C16H22ClNO6/c1-5-6-24-13-11(17)7-10(8-12(13)23-4)14(19)18-16(2,9-22-3)15(20)21/h7-8H,5-6,9H2,1-4H3,(H,18,19)(H,20,21). The Morgan fingerprint density at radius 2 is 2.00 bits per heavy atom. The smallest absolute Gasteiger partial charge is 0.331 e. The van der Waals surface area contributed by atoms with Crippen LogP contribution in [-0.2, 0) is 9.53 Å². The van der Waals surface area contributed by atoms with Crippen molar-refractivity contribution in [3.05, 3.63) is 22.7 Å². The summed E-state index contributed by atoms with van der Waals surface area (Å²) >= 11 is 6.16. The van der Waals surface area contributed by atoms with Gasteiger partial charge in [-0.3, -0.25) is 4.79 Å². The van der Waals surface area contributed by atoms with E-state index in [1.807, 2.05) is 6.92 Å². The summed E-state index contributed by atoms with van der Waals surface area (Å²) in [5, 5.41) is 11.9. The maximum absolute atomic E-state index is 12.4. The Hall–Kier alpha value is -1.99. The van der Waals surface area contributed by atoms with E-state index in [2.05, 4.69) is 5.32 Å². The highest BCUT2D eigenvalue weighted by atomic mass is 35.5. The molecule has 0 aliphatic carbocycles. The molecule has 0 radical (unpaired) electrons. The number of carbonyl (C=O) groups excluding carboxylic acids is 1. The van der Waals surface area contributed by atoms with Gasteiger partial charge in [-0.25, -0.2) is 4.79 Å². The molecule has 0 spiro atoms. The zero-order valence-electron chi connectivity index (χ0n) is 14.1. The average Bonchev–Trinajstić information content (AvgIpc) is 2.52. The van der Waals surface area contributed by atoms with Crippen LogP contribution >= 0.6 is 11.6 Å². The zero-order valence-corrected chi connectivity index (χ0v) is 14.9. The van der Waals surface area contributed by atoms with Gasteiger partial charge in [0.1, 0.15) is 0 Å². The number of aliphatic carboxylic acids is 1. The van der Waals surface area contributed by atoms with E-state index in [0.717, 1.165) is 6.42 Å². The summed E-state index contributed by atoms with van der Waals surface area (Å²) in [7, 11) is 2.78. The van der Waals surface area contributed by atoms with E-state index in [9.17, 15) is 14.7 Å². The third-order valence-corrected chi connectivity index (χ3v) is 3.52. The number of carboxylic acid groups (broad SMARTS) is 1. The van der Waals surface area contributed by atoms with Gasteiger partial charge in [0.2, 0.25) is 0 Å². The van der Waals surface area contributed by atoms with Crippen LogP contribution < -0.4 is 14.8 Å². The monoisotopic (exact) mass is 359 g/mol. The first kappa shape index (κ1) is 20.1. The number of nitrogens with one attached hydrogen (secondary N) is 1. The lowest BCUT2D eigenvalue weighted by atomic mass is 10.0. The van der Waals surface area contributed by atoms with Gasteiger partial charge in [0.25, 0.3) is 5.91 Å². The minimum atomic E-state index is -1.57. The number of ether oxygens (including phenoxy) is 3. The SMILES string of the molecule is CCCOc1c(Cl)cc(C(=O)NC(C)(COC)C(=O)O)cc1OC. The molecule has 1 unspecified atom stereocenters. The van der Waals surface area contributed by atoms with Crippen LogP contribution in [0.25, 0.3) is 0 Å². The molecule has 0 heterocycles. The molecule has 0 aliphatic rings. The minimum Gasteiger partial charge on any atom is -0.493 e. The fourth-order valence-corrected chi connectivity index (χ4v) is 2.22. The molecule has 1 aromatic carbocycles. The predicted octanol–water partition coefficient (Wildman–Crippen LogP) is 2.36. The van der Waals surface area contributed by atoms with Gasteiger partial charge in [-0.05, 0) is 25.5 Å². The van der Waals surface area contributed by atoms with Gasteiger partial charge in [-0.2, -0.15) is 0 Å². The van der Waals surface area contributed by atoms with E-state index in [1.54, 1.807) is 0 Å². The van der Waals surface area contributed by atoms with Gasteiger partial charge in [-0.1, -0.05) is 18.5 Å². The molecule has 24 heavy (non-hydrogen) atoms. The molecule has 0 aromatic heterocycles. The molecule has 1 rings (SSSR count). The summed E-state index contributed by atoms with van der Waals surface area (Å²) in [6, 6.07) is 2.85. The normalized spacial score (nSPS) is 13.0. The molecule has 7 nitrogen and oxygen atoms in total. The molecular weight excluding hydrogens is 338 g/mol. The number of methoxy groups -OCH3 is 2. The Kier molecular flexibility index (Phi) is 7.31. The topological polar surface area (TPSA) is 94.1 Å². The molecule has 0 aliphatic heterocycles. The van der Waals surface area contributed by atoms with Crippen molar-refractivity contribution in [1.29, 1.82) is 0 Å². The number of amides is 1. The highest BCUT2D eigenvalue weighted by Gasteiger charge is 2.35. The number of carbonyl (C=O) groups is 2. The largest absolute Gasteiger partial charge is 0.493 e. The number of benzene rings is 1. The van der Waals surface area contributed by atoms with Crippen LogP contribution in [0.1, 0.15) is 30.6 Å². The lowest BCUT2D eigenvalue weighted by molar-refractivity contribution is -0.145. The molecule has 1 aromatic rings. The molecule has 0 fully saturated rings. The van der Waals surface area contributed by atoms with Crippen molar-refractivity contribution in [3.8, 4) is 11.5 Å². The Balaban J connectivity index is 3.11. The van der Waals surface area contributed by atoms with Gasteiger partial charge in [0, 0.05) is 12.7 Å². The minimum absolute atomic E-state index is 0.157. The Labute approximate surface area is 145 Å². The lowest BCUT2D eigenvalue weighted by Gasteiger charge is -2.25. The first-order valence-corrected chi connectivity index (χ1v) is 7.72. The van der Waals surface area contributed by atoms with Crippen LogP contribution in [0.4, 0.5) is 0 Å². The van der Waals surface area contributed by atoms with Crippen LogP contribution in [0.2, 0.25) is 5.02 Å². The molecule has 134 valence electrons. The highest BCUT2D eigenvalue weighted by molar-refractivity contribution is 6.32. The van der Waals surface area contributed by atoms with Crippen LogP contribution in [-0.4, -0.2) is 50.0 Å². The van der Waals surface area contributed by atoms with Gasteiger partial charge in [-0.15, -0.1) is 0 Å². The summed E-state index contributed by atoms with van der Waals surface area (Å²) in [4.78, 5) is 23.8. The lowest BCUT2D eigenvalue weighted by Crippen LogP contribution is -2.55. The Morgan fingerprint density at radius 1 is 1.33 bits per heavy atom. The van der Waals surface area contributed by atoms with Gasteiger partial charge in [0.15, 0.2) is 17.0 Å². The van der Waals surface area contributed by atoms with E-state index in [1.165, 1.54) is 33.3 Å². The third kappa shape index (κ3) is 4.75. The Bertz CT molecular complexity index is 606. The second kappa shape index (κ2) is 8.75. The number of rotatable bonds is 9. The number of hydrogen-bond acceptors (Lipinski definition) is 5. The van der Waals surface area contributed by atoms with Crippen LogP contribution in [0.5, 0.6) is 11.5 Å². The van der Waals surface area contributed by atoms with Crippen molar-refractivity contribution < 1.29 is 28.9 Å². The van der Waals surface area contributed by atoms with Crippen molar-refractivity contribution in [1.82, 2.24) is 5.32 Å². The summed E-state index contributed by atoms with van der Waals surface area (Å²) in [5.74, 6) is -1.18. The van der Waals surface area contributed by atoms with E-state index in [-0.39, 0.29) is 17.2 Å². The summed E-state index contributed by atoms with van der Waals surface area (Å²) in [6.45, 7) is 3.57. The molecule has 2 N–H and O–H groups in total. The van der Waals surface area contributed by atoms with E-state index < -0.39 is 17.4 Å². The zero-order chi connectivity index (χ0) is 18.3. The molecule has 0 saturated carbocycles. The number of halogens is 1. The predicted molar refractivity (Wildman–Crippen MR) is 89.2 cm³/mol. The highest BCUT2D eigenvalue weighted by Crippen LogP contribution is 2.36. The molecule has 0 bridgehead atoms. The van der Waals surface area contributed by atoms with Crippen molar-refractivity contribution in [2.75, 3.05) is 27.4 Å². The maximum atomic E-state index is 12.4. The summed E-state index contributed by atoms with van der Waals surface area (Å²) in [6.07, 6.45) is 0.787. The van der Waals surface area contributed by atoms with Gasteiger partial charge < -0.3 is 24.6 Å². The van der Waals surface area contributed by atoms with Crippen LogP contribution in [0, 0.1) is 0 Å². The fraction of sp³-hybridized carbons (Fsp3) is 0.500. The van der Waals surface area contributed by atoms with Gasteiger partial charge in [0.05, 0.1) is 25.3 Å². The molecule has 1 amide bonds. The molecular formula is C16H22ClNO6. The molecule has 1 atom stereocenters. The van der Waals surface area contributed by atoms with Crippen molar-refractivity contribution >= 4 is 23.5 Å². The third-order valence-electron chi connectivity index (χ3n) is 3.24. The average molecular weight is 360 g/mol. The quantitative estimate of drug-likeness (QED) is 0.703. The Morgan fingerprint density at radius 3 is 2.50 bits per heavy atom. The first-order valence-electron chi connectivity index (χ1n) is 7.34. The first-order chi connectivity index (χ1) is 11.3. The molecule has 8 heteroatoms. The number of hydrogen-bond donors (Lipinski definition) is 2. The van der Waals surface area contributed by atoms with Gasteiger partial charge >= 0.3 is 5.97 Å². The second-order valence-corrected chi connectivity index (χ2v) is 5.77. The number of carboxylic acids is 1. The van der Waals surface area contributed by atoms with E-state index in [4.69, 9.17) is 25.8 Å². The summed E-state index contributed by atoms with van der Waals surface area (Å²) in [5.41, 5.74) is -1.41. The van der Waals surface area contributed by atoms with Crippen molar-refractivity contribution in [2.24, 2.45) is 0 Å². The van der Waals surface area contributed by atoms with Crippen molar-refractivity contribution in [3.63, 3.8) is 0 Å². The van der Waals surface area contributed by atoms with E-state index >= 15 is 0 Å². The second-order valence-electron chi connectivity index (χ2n) is 5.36. The van der Waals surface area contributed by atoms with Crippen LogP contribution in [0.3, 0.4) is 0 Å². The molecule has 0 saturated heterocycles. The summed E-state index contributed by atoms with van der Waals surface area (Å²) < 4.78 is 15.6. The van der Waals surface area contributed by atoms with Crippen molar-refractivity contribution in [2.45, 2.75) is 25.8 Å².